The van der Waals surface area contributed by atoms with Crippen LogP contribution >= 0.6 is 0 Å². The summed E-state index contributed by atoms with van der Waals surface area (Å²) in [6.45, 7) is -0.620. The lowest BCUT2D eigenvalue weighted by Crippen LogP contribution is -2.39. The molecule has 8 nitrogen and oxygen atoms in total. The van der Waals surface area contributed by atoms with E-state index < -0.39 is 12.8 Å². The number of nitrogens with zero attached hydrogens (tertiary/aromatic N) is 5. The summed E-state index contributed by atoms with van der Waals surface area (Å²) in [5.41, 5.74) is 6.67. The van der Waals surface area contributed by atoms with Crippen molar-refractivity contribution in [3.63, 3.8) is 0 Å². The van der Waals surface area contributed by atoms with E-state index in [1.54, 1.807) is 0 Å². The summed E-state index contributed by atoms with van der Waals surface area (Å²) in [5, 5.41) is 0. The van der Waals surface area contributed by atoms with Gasteiger partial charge >= 0.3 is 6.61 Å². The number of hydrogen-bond donors (Lipinski definition) is 1. The number of anilines is 3. The van der Waals surface area contributed by atoms with Crippen LogP contribution in [-0.4, -0.2) is 66.1 Å². The van der Waals surface area contributed by atoms with Crippen molar-refractivity contribution in [2.75, 3.05) is 41.8 Å². The van der Waals surface area contributed by atoms with Crippen molar-refractivity contribution in [1.29, 1.82) is 0 Å². The monoisotopic (exact) mass is 436 g/mol. The molecule has 166 valence electrons. The van der Waals surface area contributed by atoms with Gasteiger partial charge in [-0.1, -0.05) is 0 Å². The third kappa shape index (κ3) is 4.06. The molecule has 0 saturated carbocycles. The molecule has 0 aromatic carbocycles. The van der Waals surface area contributed by atoms with Crippen molar-refractivity contribution >= 4 is 17.6 Å². The highest BCUT2D eigenvalue weighted by atomic mass is 19.3. The first kappa shape index (κ1) is 20.1. The summed E-state index contributed by atoms with van der Waals surface area (Å²) < 4.78 is 49.3. The molecule has 3 fully saturated rings. The molecule has 2 aromatic heterocycles. The summed E-state index contributed by atoms with van der Waals surface area (Å²) in [6.07, 6.45) is 2.61. The van der Waals surface area contributed by atoms with Gasteiger partial charge in [0.1, 0.15) is 12.0 Å². The van der Waals surface area contributed by atoms with E-state index in [1.807, 2.05) is 11.0 Å². The molecule has 5 rings (SSSR count). The van der Waals surface area contributed by atoms with Gasteiger partial charge in [-0.3, -0.25) is 0 Å². The minimum Gasteiger partial charge on any atom is -0.431 e. The molecule has 2 bridgehead atoms. The maximum atomic E-state index is 13.6. The molecular weight excluding hydrogens is 413 g/mol. The van der Waals surface area contributed by atoms with E-state index in [-0.39, 0.29) is 23.7 Å². The summed E-state index contributed by atoms with van der Waals surface area (Å²) >= 11 is 0. The number of morpholine rings is 1. The van der Waals surface area contributed by atoms with E-state index in [9.17, 15) is 13.2 Å². The zero-order valence-electron chi connectivity index (χ0n) is 16.8. The molecule has 0 radical (unpaired) electrons. The van der Waals surface area contributed by atoms with Crippen LogP contribution < -0.4 is 20.3 Å². The van der Waals surface area contributed by atoms with E-state index in [4.69, 9.17) is 15.5 Å². The van der Waals surface area contributed by atoms with Crippen molar-refractivity contribution < 1.29 is 22.6 Å². The van der Waals surface area contributed by atoms with Crippen molar-refractivity contribution in [2.45, 2.75) is 44.2 Å². The quantitative estimate of drug-likeness (QED) is 0.765. The smallest absolute Gasteiger partial charge is 0.387 e. The molecule has 2 atom stereocenters. The minimum atomic E-state index is -3.02. The number of piperidine rings is 1. The minimum absolute atomic E-state index is 0.127. The summed E-state index contributed by atoms with van der Waals surface area (Å²) in [4.78, 5) is 17.5. The van der Waals surface area contributed by atoms with Crippen molar-refractivity contribution in [2.24, 2.45) is 0 Å². The largest absolute Gasteiger partial charge is 0.431 e. The first-order chi connectivity index (χ1) is 15.0. The molecule has 3 aliphatic rings. The molecule has 2 aromatic rings. The fraction of sp³-hybridized carbons (Fsp3) is 0.550. The molecule has 0 spiro atoms. The SMILES string of the molecule is Nc1ncc(-c2cc(N3C[C@@H]4C[C@H]3CO4)nc(N3CCC(F)CC3)n2)cc1OC(F)F. The third-order valence-electron chi connectivity index (χ3n) is 6.00. The fourth-order valence-electron chi connectivity index (χ4n) is 4.37. The van der Waals surface area contributed by atoms with Gasteiger partial charge < -0.3 is 25.0 Å². The molecule has 31 heavy (non-hydrogen) atoms. The molecule has 3 saturated heterocycles. The van der Waals surface area contributed by atoms with Gasteiger partial charge in [0.15, 0.2) is 11.6 Å². The van der Waals surface area contributed by atoms with Crippen molar-refractivity contribution in [1.82, 2.24) is 15.0 Å². The number of nitrogen functional groups attached to an aromatic ring is 1. The van der Waals surface area contributed by atoms with Crippen LogP contribution in [0.15, 0.2) is 18.3 Å². The predicted molar refractivity (Wildman–Crippen MR) is 108 cm³/mol. The van der Waals surface area contributed by atoms with Gasteiger partial charge in [-0.2, -0.15) is 13.8 Å². The number of alkyl halides is 3. The lowest BCUT2D eigenvalue weighted by Gasteiger charge is -2.32. The van der Waals surface area contributed by atoms with Crippen LogP contribution in [0.5, 0.6) is 5.75 Å². The van der Waals surface area contributed by atoms with E-state index in [2.05, 4.69) is 19.6 Å². The molecule has 0 amide bonds. The van der Waals surface area contributed by atoms with Crippen LogP contribution in [0.25, 0.3) is 11.3 Å². The van der Waals surface area contributed by atoms with Crippen LogP contribution in [0.1, 0.15) is 19.3 Å². The van der Waals surface area contributed by atoms with Crippen LogP contribution in [0.2, 0.25) is 0 Å². The van der Waals surface area contributed by atoms with Gasteiger partial charge in [-0.25, -0.2) is 14.4 Å². The number of nitrogens with two attached hydrogens (primary N) is 1. The third-order valence-corrected chi connectivity index (χ3v) is 6.00. The highest BCUT2D eigenvalue weighted by Crippen LogP contribution is 2.35. The number of rotatable bonds is 5. The normalized spacial score (nSPS) is 23.7. The molecular formula is C20H23F3N6O2. The fourth-order valence-corrected chi connectivity index (χ4v) is 4.37. The molecule has 3 aliphatic heterocycles. The molecule has 0 unspecified atom stereocenters. The molecule has 0 aliphatic carbocycles. The zero-order chi connectivity index (χ0) is 21.5. The van der Waals surface area contributed by atoms with Crippen molar-refractivity contribution in [3.8, 4) is 17.0 Å². The predicted octanol–water partition coefficient (Wildman–Crippen LogP) is 2.64. The van der Waals surface area contributed by atoms with E-state index in [0.29, 0.717) is 49.7 Å². The van der Waals surface area contributed by atoms with Crippen LogP contribution in [0.3, 0.4) is 0 Å². The number of hydrogen-bond acceptors (Lipinski definition) is 8. The Bertz CT molecular complexity index is 957. The Morgan fingerprint density at radius 1 is 1.19 bits per heavy atom. The maximum absolute atomic E-state index is 13.6. The Labute approximate surface area is 177 Å². The molecule has 5 heterocycles. The van der Waals surface area contributed by atoms with Crippen LogP contribution in [0.4, 0.5) is 30.8 Å². The highest BCUT2D eigenvalue weighted by molar-refractivity contribution is 5.68. The number of fused-ring (bicyclic) bond motifs is 2. The van der Waals surface area contributed by atoms with Gasteiger partial charge in [-0.15, -0.1) is 0 Å². The van der Waals surface area contributed by atoms with Crippen molar-refractivity contribution in [3.05, 3.63) is 18.3 Å². The Morgan fingerprint density at radius 2 is 2.00 bits per heavy atom. The second-order valence-corrected chi connectivity index (χ2v) is 8.06. The Hall–Kier alpha value is -2.82. The topological polar surface area (TPSA) is 89.6 Å². The van der Waals surface area contributed by atoms with Crippen LogP contribution in [-0.2, 0) is 4.74 Å². The number of pyridine rings is 1. The first-order valence-corrected chi connectivity index (χ1v) is 10.3. The average molecular weight is 436 g/mol. The summed E-state index contributed by atoms with van der Waals surface area (Å²) in [6, 6.07) is 3.45. The maximum Gasteiger partial charge on any atom is 0.387 e. The number of halogens is 3. The Morgan fingerprint density at radius 3 is 2.68 bits per heavy atom. The van der Waals surface area contributed by atoms with Crippen LogP contribution in [0, 0.1) is 0 Å². The second-order valence-electron chi connectivity index (χ2n) is 8.06. The lowest BCUT2D eigenvalue weighted by atomic mass is 10.1. The zero-order valence-corrected chi connectivity index (χ0v) is 16.8. The van der Waals surface area contributed by atoms with E-state index >= 15 is 0 Å². The van der Waals surface area contributed by atoms with Gasteiger partial charge in [0.2, 0.25) is 5.95 Å². The first-order valence-electron chi connectivity index (χ1n) is 10.3. The second kappa shape index (κ2) is 8.03. The Kier molecular flexibility index (Phi) is 5.20. The molecule has 11 heteroatoms. The van der Waals surface area contributed by atoms with E-state index in [0.717, 1.165) is 18.8 Å². The Balaban J connectivity index is 1.53. The van der Waals surface area contributed by atoms with Gasteiger partial charge in [0.25, 0.3) is 0 Å². The van der Waals surface area contributed by atoms with Gasteiger partial charge in [0, 0.05) is 37.5 Å². The molecule has 2 N–H and O–H groups in total. The number of ether oxygens (including phenoxy) is 2. The standard InChI is InChI=1S/C20H23F3N6O2/c21-12-1-3-28(4-2-12)20-26-15(11-5-16(31-19(22)23)18(24)25-8-11)7-17(27-20)29-9-14-6-13(29)10-30-14/h5,7-8,12-14,19H,1-4,6,9-10H2,(H2,24,25)/t13-,14-/m0/s1. The van der Waals surface area contributed by atoms with Gasteiger partial charge in [-0.05, 0) is 25.3 Å². The van der Waals surface area contributed by atoms with Gasteiger partial charge in [0.05, 0.1) is 24.4 Å². The number of aromatic nitrogens is 3. The lowest BCUT2D eigenvalue weighted by molar-refractivity contribution is -0.0494. The summed E-state index contributed by atoms with van der Waals surface area (Å²) in [7, 11) is 0. The average Bonchev–Trinajstić information content (AvgIpc) is 3.39. The summed E-state index contributed by atoms with van der Waals surface area (Å²) in [5.74, 6) is 0.876. The highest BCUT2D eigenvalue weighted by Gasteiger charge is 2.40. The van der Waals surface area contributed by atoms with E-state index in [1.165, 1.54) is 12.3 Å².